The van der Waals surface area contributed by atoms with E-state index in [4.69, 9.17) is 4.52 Å². The van der Waals surface area contributed by atoms with E-state index < -0.39 is 5.41 Å². The second kappa shape index (κ2) is 6.69. The zero-order valence-electron chi connectivity index (χ0n) is 13.8. The minimum Gasteiger partial charge on any atom is -0.341 e. The molecule has 1 aliphatic heterocycles. The fourth-order valence-corrected chi connectivity index (χ4v) is 3.78. The number of carbonyl (C=O) groups excluding carboxylic acids is 1. The van der Waals surface area contributed by atoms with Crippen LogP contribution in [0.15, 0.2) is 4.52 Å². The highest BCUT2D eigenvalue weighted by Gasteiger charge is 2.43. The molecule has 1 aliphatic carbocycles. The van der Waals surface area contributed by atoms with Crippen molar-refractivity contribution in [2.45, 2.75) is 64.2 Å². The number of aromatic nitrogens is 2. The molecule has 0 spiro atoms. The summed E-state index contributed by atoms with van der Waals surface area (Å²) in [6.07, 6.45) is 7.09. The molecule has 23 heavy (non-hydrogen) atoms. The third-order valence-corrected chi connectivity index (χ3v) is 5.19. The maximum Gasteiger partial charge on any atom is 0.243 e. The van der Waals surface area contributed by atoms with Gasteiger partial charge in [-0.15, -0.1) is 0 Å². The third-order valence-electron chi connectivity index (χ3n) is 5.19. The Morgan fingerprint density at radius 2 is 2.17 bits per heavy atom. The predicted octanol–water partition coefficient (Wildman–Crippen LogP) is 2.81. The van der Waals surface area contributed by atoms with Crippen LogP contribution in [0.5, 0.6) is 0 Å². The molecular formula is C17H24N4O2. The lowest BCUT2D eigenvalue weighted by molar-refractivity contribution is -0.141. The van der Waals surface area contributed by atoms with Crippen LogP contribution in [0.4, 0.5) is 0 Å². The molecule has 1 aromatic rings. The summed E-state index contributed by atoms with van der Waals surface area (Å²) >= 11 is 0. The molecule has 1 atom stereocenters. The summed E-state index contributed by atoms with van der Waals surface area (Å²) in [5.74, 6) is 1.48. The maximum atomic E-state index is 13.0. The van der Waals surface area contributed by atoms with Crippen molar-refractivity contribution in [3.8, 4) is 6.07 Å². The van der Waals surface area contributed by atoms with Crippen molar-refractivity contribution >= 4 is 5.91 Å². The van der Waals surface area contributed by atoms with E-state index in [1.165, 1.54) is 0 Å². The Bertz CT molecular complexity index is 598. The van der Waals surface area contributed by atoms with Gasteiger partial charge in [0.2, 0.25) is 11.8 Å². The number of nitrogens with zero attached hydrogens (tertiary/aromatic N) is 4. The Morgan fingerprint density at radius 3 is 2.83 bits per heavy atom. The van der Waals surface area contributed by atoms with Crippen molar-refractivity contribution in [3.63, 3.8) is 0 Å². The van der Waals surface area contributed by atoms with Crippen molar-refractivity contribution in [2.24, 2.45) is 5.41 Å². The lowest BCUT2D eigenvalue weighted by Crippen LogP contribution is -2.48. The number of piperidine rings is 1. The fourth-order valence-electron chi connectivity index (χ4n) is 3.78. The Kier molecular flexibility index (Phi) is 4.65. The van der Waals surface area contributed by atoms with Gasteiger partial charge in [-0.05, 0) is 25.7 Å². The molecule has 2 aliphatic rings. The molecule has 1 amide bonds. The number of hydrogen-bond acceptors (Lipinski definition) is 5. The van der Waals surface area contributed by atoms with Crippen LogP contribution in [0.2, 0.25) is 0 Å². The van der Waals surface area contributed by atoms with E-state index >= 15 is 0 Å². The molecule has 2 fully saturated rings. The van der Waals surface area contributed by atoms with Gasteiger partial charge in [0.05, 0.1) is 6.07 Å². The van der Waals surface area contributed by atoms with Gasteiger partial charge in [-0.25, -0.2) is 0 Å². The van der Waals surface area contributed by atoms with Crippen molar-refractivity contribution in [1.82, 2.24) is 15.0 Å². The first-order valence-corrected chi connectivity index (χ1v) is 8.71. The average Bonchev–Trinajstić information content (AvgIpc) is 3.11. The Morgan fingerprint density at radius 1 is 1.39 bits per heavy atom. The van der Waals surface area contributed by atoms with Gasteiger partial charge < -0.3 is 9.42 Å². The van der Waals surface area contributed by atoms with Gasteiger partial charge in [-0.3, -0.25) is 4.79 Å². The second-order valence-corrected chi connectivity index (χ2v) is 6.74. The van der Waals surface area contributed by atoms with Gasteiger partial charge in [-0.1, -0.05) is 31.3 Å². The van der Waals surface area contributed by atoms with Gasteiger partial charge >= 0.3 is 0 Å². The first-order chi connectivity index (χ1) is 11.2. The molecule has 1 saturated carbocycles. The summed E-state index contributed by atoms with van der Waals surface area (Å²) in [4.78, 5) is 19.3. The Balaban J connectivity index is 1.72. The molecule has 1 aromatic heterocycles. The SMILES string of the molecule is CCc1nc([C@H]2CCCN(C(=O)C3(C#N)CCCCC3)C2)no1. The number of rotatable bonds is 3. The summed E-state index contributed by atoms with van der Waals surface area (Å²) in [5, 5.41) is 13.7. The summed E-state index contributed by atoms with van der Waals surface area (Å²) < 4.78 is 5.20. The number of nitriles is 1. The van der Waals surface area contributed by atoms with Crippen LogP contribution in [-0.2, 0) is 11.2 Å². The van der Waals surface area contributed by atoms with Gasteiger partial charge in [0, 0.05) is 25.4 Å². The normalized spacial score (nSPS) is 24.2. The molecule has 0 aromatic carbocycles. The van der Waals surface area contributed by atoms with E-state index in [1.807, 2.05) is 11.8 Å². The van der Waals surface area contributed by atoms with E-state index in [-0.39, 0.29) is 11.8 Å². The van der Waals surface area contributed by atoms with Crippen LogP contribution in [0.3, 0.4) is 0 Å². The van der Waals surface area contributed by atoms with Crippen LogP contribution < -0.4 is 0 Å². The molecule has 3 rings (SSSR count). The van der Waals surface area contributed by atoms with E-state index in [2.05, 4.69) is 16.2 Å². The number of hydrogen-bond donors (Lipinski definition) is 0. The van der Waals surface area contributed by atoms with Crippen molar-refractivity contribution in [1.29, 1.82) is 5.26 Å². The van der Waals surface area contributed by atoms with Crippen molar-refractivity contribution < 1.29 is 9.32 Å². The first-order valence-electron chi connectivity index (χ1n) is 8.71. The van der Waals surface area contributed by atoms with Crippen LogP contribution >= 0.6 is 0 Å². The minimum absolute atomic E-state index is 0.0172. The molecule has 2 heterocycles. The largest absolute Gasteiger partial charge is 0.341 e. The quantitative estimate of drug-likeness (QED) is 0.856. The second-order valence-electron chi connectivity index (χ2n) is 6.74. The maximum absolute atomic E-state index is 13.0. The smallest absolute Gasteiger partial charge is 0.243 e. The summed E-state index contributed by atoms with van der Waals surface area (Å²) in [7, 11) is 0. The highest BCUT2D eigenvalue weighted by molar-refractivity contribution is 5.85. The molecule has 0 N–H and O–H groups in total. The van der Waals surface area contributed by atoms with Crippen LogP contribution in [0, 0.1) is 16.7 Å². The summed E-state index contributed by atoms with van der Waals surface area (Å²) in [6, 6.07) is 2.34. The first kappa shape index (κ1) is 16.0. The zero-order chi connectivity index (χ0) is 16.3. The number of amides is 1. The molecule has 6 heteroatoms. The molecule has 1 saturated heterocycles. The lowest BCUT2D eigenvalue weighted by Gasteiger charge is -2.38. The van der Waals surface area contributed by atoms with Gasteiger partial charge in [-0.2, -0.15) is 10.2 Å². The molecule has 0 bridgehead atoms. The average molecular weight is 316 g/mol. The number of aryl methyl sites for hydroxylation is 1. The van der Waals surface area contributed by atoms with E-state index in [0.717, 1.165) is 45.1 Å². The number of carbonyl (C=O) groups is 1. The molecule has 6 nitrogen and oxygen atoms in total. The topological polar surface area (TPSA) is 83.0 Å². The van der Waals surface area contributed by atoms with Crippen LogP contribution in [-0.4, -0.2) is 34.0 Å². The minimum atomic E-state index is -0.800. The lowest BCUT2D eigenvalue weighted by atomic mass is 9.74. The zero-order valence-corrected chi connectivity index (χ0v) is 13.8. The summed E-state index contributed by atoms with van der Waals surface area (Å²) in [6.45, 7) is 3.32. The van der Waals surface area contributed by atoms with Gasteiger partial charge in [0.1, 0.15) is 5.41 Å². The van der Waals surface area contributed by atoms with Gasteiger partial charge in [0.15, 0.2) is 5.82 Å². The Labute approximate surface area is 136 Å². The molecule has 0 radical (unpaired) electrons. The third kappa shape index (κ3) is 3.10. The Hall–Kier alpha value is -1.90. The van der Waals surface area contributed by atoms with E-state index in [0.29, 0.717) is 31.1 Å². The highest BCUT2D eigenvalue weighted by Crippen LogP contribution is 2.39. The van der Waals surface area contributed by atoms with E-state index in [1.54, 1.807) is 0 Å². The molecular weight excluding hydrogens is 292 g/mol. The highest BCUT2D eigenvalue weighted by atomic mass is 16.5. The van der Waals surface area contributed by atoms with E-state index in [9.17, 15) is 10.1 Å². The molecule has 124 valence electrons. The predicted molar refractivity (Wildman–Crippen MR) is 83.4 cm³/mol. The number of likely N-dealkylation sites (tertiary alicyclic amines) is 1. The van der Waals surface area contributed by atoms with Crippen molar-refractivity contribution in [3.05, 3.63) is 11.7 Å². The standard InChI is InChI=1S/C17H24N4O2/c1-2-14-19-15(20-23-14)13-7-6-10-21(11-13)16(22)17(12-18)8-4-3-5-9-17/h13H,2-11H2,1H3/t13-/m0/s1. The fraction of sp³-hybridized carbons (Fsp3) is 0.765. The van der Waals surface area contributed by atoms with Crippen LogP contribution in [0.25, 0.3) is 0 Å². The summed E-state index contributed by atoms with van der Waals surface area (Å²) in [5.41, 5.74) is -0.800. The molecule has 0 unspecified atom stereocenters. The van der Waals surface area contributed by atoms with Crippen molar-refractivity contribution in [2.75, 3.05) is 13.1 Å². The monoisotopic (exact) mass is 316 g/mol. The van der Waals surface area contributed by atoms with Gasteiger partial charge in [0.25, 0.3) is 0 Å². The van der Waals surface area contributed by atoms with Crippen LogP contribution in [0.1, 0.15) is 69.5 Å².